The summed E-state index contributed by atoms with van der Waals surface area (Å²) in [5.74, 6) is -1.03. The van der Waals surface area contributed by atoms with Gasteiger partial charge in [-0.3, -0.25) is 9.48 Å². The van der Waals surface area contributed by atoms with Gasteiger partial charge < -0.3 is 15.7 Å². The van der Waals surface area contributed by atoms with Gasteiger partial charge in [-0.25, -0.2) is 4.79 Å². The lowest BCUT2D eigenvalue weighted by Crippen LogP contribution is -2.40. The van der Waals surface area contributed by atoms with Gasteiger partial charge in [0.15, 0.2) is 0 Å². The van der Waals surface area contributed by atoms with E-state index in [-0.39, 0.29) is 17.9 Å². The number of amides is 2. The number of aromatic nitrogens is 3. The van der Waals surface area contributed by atoms with E-state index in [0.29, 0.717) is 26.1 Å². The highest BCUT2D eigenvalue weighted by Crippen LogP contribution is 2.31. The van der Waals surface area contributed by atoms with E-state index >= 15 is 0 Å². The molecule has 2 rings (SSSR count). The highest BCUT2D eigenvalue weighted by Gasteiger charge is 2.32. The number of nitrogens with zero attached hydrogens (tertiary/aromatic N) is 3. The van der Waals surface area contributed by atoms with Crippen LogP contribution in [0.4, 0.5) is 4.79 Å². The Kier molecular flexibility index (Phi) is 5.53. The smallest absolute Gasteiger partial charge is 0.314 e. The average Bonchev–Trinajstić information content (AvgIpc) is 3.12. The summed E-state index contributed by atoms with van der Waals surface area (Å²) in [7, 11) is 0. The molecule has 2 unspecified atom stereocenters. The summed E-state index contributed by atoms with van der Waals surface area (Å²) >= 11 is 0. The molecule has 0 spiro atoms. The molecule has 0 saturated heterocycles. The Hall–Kier alpha value is -2.12. The van der Waals surface area contributed by atoms with Gasteiger partial charge in [-0.2, -0.15) is 0 Å². The van der Waals surface area contributed by atoms with Crippen molar-refractivity contribution in [1.82, 2.24) is 25.6 Å². The molecular weight excluding hydrogens is 274 g/mol. The topological polar surface area (TPSA) is 109 Å². The first-order valence-electron chi connectivity index (χ1n) is 7.25. The minimum absolute atomic E-state index is 0.0448. The number of carbonyl (C=O) groups is 2. The van der Waals surface area contributed by atoms with E-state index in [0.717, 1.165) is 19.3 Å². The van der Waals surface area contributed by atoms with Gasteiger partial charge in [0.25, 0.3) is 0 Å². The zero-order chi connectivity index (χ0) is 15.1. The lowest BCUT2D eigenvalue weighted by molar-refractivity contribution is -0.142. The van der Waals surface area contributed by atoms with Crippen LogP contribution in [0.15, 0.2) is 12.4 Å². The third-order valence-electron chi connectivity index (χ3n) is 3.82. The second-order valence-corrected chi connectivity index (χ2v) is 5.29. The Morgan fingerprint density at radius 2 is 2.19 bits per heavy atom. The first kappa shape index (κ1) is 15.3. The zero-order valence-corrected chi connectivity index (χ0v) is 11.9. The summed E-state index contributed by atoms with van der Waals surface area (Å²) in [5.41, 5.74) is 0. The molecule has 1 heterocycles. The van der Waals surface area contributed by atoms with Gasteiger partial charge >= 0.3 is 12.0 Å². The summed E-state index contributed by atoms with van der Waals surface area (Å²) in [4.78, 5) is 22.7. The minimum atomic E-state index is -0.757. The van der Waals surface area contributed by atoms with E-state index in [2.05, 4.69) is 20.9 Å². The van der Waals surface area contributed by atoms with Crippen molar-refractivity contribution in [2.75, 3.05) is 13.1 Å². The highest BCUT2D eigenvalue weighted by molar-refractivity contribution is 5.74. The van der Waals surface area contributed by atoms with E-state index in [4.69, 9.17) is 5.11 Å². The van der Waals surface area contributed by atoms with Crippen LogP contribution in [0.3, 0.4) is 0 Å². The summed E-state index contributed by atoms with van der Waals surface area (Å²) in [6.07, 6.45) is 6.64. The number of aryl methyl sites for hydroxylation is 1. The van der Waals surface area contributed by atoms with Crippen LogP contribution in [-0.4, -0.2) is 45.2 Å². The molecule has 8 heteroatoms. The Morgan fingerprint density at radius 3 is 2.90 bits per heavy atom. The predicted octanol–water partition coefficient (Wildman–Crippen LogP) is 0.468. The third-order valence-corrected chi connectivity index (χ3v) is 3.82. The highest BCUT2D eigenvalue weighted by atomic mass is 16.4. The van der Waals surface area contributed by atoms with E-state index in [1.54, 1.807) is 17.1 Å². The van der Waals surface area contributed by atoms with Gasteiger partial charge in [0.2, 0.25) is 0 Å². The van der Waals surface area contributed by atoms with Gasteiger partial charge in [0.1, 0.15) is 0 Å². The normalized spacial score (nSPS) is 21.1. The van der Waals surface area contributed by atoms with E-state index in [1.165, 1.54) is 0 Å². The fraction of sp³-hybridized carbons (Fsp3) is 0.692. The number of carbonyl (C=O) groups excluding carboxylic acids is 1. The standard InChI is InChI=1S/C13H21N5O3/c19-12(20)11-4-1-3-10(11)9-15-13(21)14-5-2-7-18-8-6-16-17-18/h6,8,10-11H,1-5,7,9H2,(H,19,20)(H2,14,15,21). The van der Waals surface area contributed by atoms with E-state index < -0.39 is 5.97 Å². The van der Waals surface area contributed by atoms with Gasteiger partial charge in [0.05, 0.1) is 12.1 Å². The lowest BCUT2D eigenvalue weighted by Gasteiger charge is -2.16. The van der Waals surface area contributed by atoms with Gasteiger partial charge in [-0.1, -0.05) is 11.6 Å². The maximum Gasteiger partial charge on any atom is 0.314 e. The first-order valence-corrected chi connectivity index (χ1v) is 7.25. The number of urea groups is 1. The summed E-state index contributed by atoms with van der Waals surface area (Å²) < 4.78 is 1.70. The Morgan fingerprint density at radius 1 is 1.33 bits per heavy atom. The van der Waals surface area contributed by atoms with Crippen molar-refractivity contribution in [3.63, 3.8) is 0 Å². The zero-order valence-electron chi connectivity index (χ0n) is 11.9. The Balaban J connectivity index is 1.58. The number of nitrogens with one attached hydrogen (secondary N) is 2. The van der Waals surface area contributed by atoms with Crippen LogP contribution < -0.4 is 10.6 Å². The molecular formula is C13H21N5O3. The molecule has 8 nitrogen and oxygen atoms in total. The van der Waals surface area contributed by atoms with E-state index in [1.807, 2.05) is 0 Å². The van der Waals surface area contributed by atoms with Gasteiger partial charge in [-0.15, -0.1) is 5.10 Å². The van der Waals surface area contributed by atoms with Crippen LogP contribution in [0.1, 0.15) is 25.7 Å². The summed E-state index contributed by atoms with van der Waals surface area (Å²) in [6.45, 7) is 1.66. The second-order valence-electron chi connectivity index (χ2n) is 5.29. The third kappa shape index (κ3) is 4.73. The lowest BCUT2D eigenvalue weighted by atomic mass is 9.96. The van der Waals surface area contributed by atoms with E-state index in [9.17, 15) is 9.59 Å². The molecule has 1 aromatic rings. The van der Waals surface area contributed by atoms with Crippen molar-refractivity contribution < 1.29 is 14.7 Å². The SMILES string of the molecule is O=C(NCCCn1ccnn1)NCC1CCCC1C(=O)O. The molecule has 0 radical (unpaired) electrons. The maximum atomic E-state index is 11.6. The fourth-order valence-electron chi connectivity index (χ4n) is 2.69. The molecule has 1 fully saturated rings. The quantitative estimate of drug-likeness (QED) is 0.633. The van der Waals surface area contributed by atoms with Crippen molar-refractivity contribution in [2.45, 2.75) is 32.2 Å². The molecule has 0 bridgehead atoms. The Labute approximate surface area is 122 Å². The monoisotopic (exact) mass is 295 g/mol. The molecule has 1 saturated carbocycles. The Bertz CT molecular complexity index is 462. The van der Waals surface area contributed by atoms with Gasteiger partial charge in [0, 0.05) is 25.8 Å². The number of hydrogen-bond acceptors (Lipinski definition) is 4. The fourth-order valence-corrected chi connectivity index (χ4v) is 2.69. The molecule has 0 aromatic carbocycles. The van der Waals surface area contributed by atoms with Crippen molar-refractivity contribution >= 4 is 12.0 Å². The summed E-state index contributed by atoms with van der Waals surface area (Å²) in [6, 6.07) is -0.246. The van der Waals surface area contributed by atoms with Crippen molar-refractivity contribution in [1.29, 1.82) is 0 Å². The molecule has 1 aliphatic carbocycles. The molecule has 116 valence electrons. The van der Waals surface area contributed by atoms with Crippen LogP contribution in [0.25, 0.3) is 0 Å². The van der Waals surface area contributed by atoms with Crippen LogP contribution in [0.2, 0.25) is 0 Å². The predicted molar refractivity (Wildman–Crippen MR) is 74.5 cm³/mol. The van der Waals surface area contributed by atoms with Crippen molar-refractivity contribution in [2.24, 2.45) is 11.8 Å². The molecule has 2 atom stereocenters. The molecule has 1 aliphatic rings. The van der Waals surface area contributed by atoms with Crippen LogP contribution in [0, 0.1) is 11.8 Å². The first-order chi connectivity index (χ1) is 10.2. The maximum absolute atomic E-state index is 11.6. The van der Waals surface area contributed by atoms with Gasteiger partial charge in [-0.05, 0) is 25.2 Å². The molecule has 1 aromatic heterocycles. The molecule has 21 heavy (non-hydrogen) atoms. The number of aliphatic carboxylic acids is 1. The largest absolute Gasteiger partial charge is 0.481 e. The number of hydrogen-bond donors (Lipinski definition) is 3. The number of carboxylic acids is 1. The number of carboxylic acid groups (broad SMARTS) is 1. The van der Waals surface area contributed by atoms with Crippen LogP contribution >= 0.6 is 0 Å². The molecule has 3 N–H and O–H groups in total. The second kappa shape index (κ2) is 7.61. The van der Waals surface area contributed by atoms with Crippen LogP contribution in [-0.2, 0) is 11.3 Å². The average molecular weight is 295 g/mol. The van der Waals surface area contributed by atoms with Crippen LogP contribution in [0.5, 0.6) is 0 Å². The molecule has 2 amide bonds. The number of rotatable bonds is 7. The minimum Gasteiger partial charge on any atom is -0.481 e. The molecule has 0 aliphatic heterocycles. The van der Waals surface area contributed by atoms with Crippen molar-refractivity contribution in [3.05, 3.63) is 12.4 Å². The van der Waals surface area contributed by atoms with Crippen molar-refractivity contribution in [3.8, 4) is 0 Å². The summed E-state index contributed by atoms with van der Waals surface area (Å²) in [5, 5.41) is 22.1.